The highest BCUT2D eigenvalue weighted by Gasteiger charge is 2.33. The van der Waals surface area contributed by atoms with Crippen LogP contribution in [0.25, 0.3) is 0 Å². The van der Waals surface area contributed by atoms with Gasteiger partial charge in [0.1, 0.15) is 0 Å². The summed E-state index contributed by atoms with van der Waals surface area (Å²) in [5.74, 6) is 0.647. The molecule has 0 aliphatic rings. The summed E-state index contributed by atoms with van der Waals surface area (Å²) >= 11 is 1.24. The minimum atomic E-state index is -4.25. The summed E-state index contributed by atoms with van der Waals surface area (Å²) < 4.78 is 37.6. The summed E-state index contributed by atoms with van der Waals surface area (Å²) in [6, 6.07) is 4.27. The molecule has 0 aliphatic carbocycles. The Morgan fingerprint density at radius 2 is 1.93 bits per heavy atom. The maximum Gasteiger partial charge on any atom is 0.417 e. The van der Waals surface area contributed by atoms with E-state index in [1.165, 1.54) is 17.8 Å². The molecule has 0 heterocycles. The number of aryl methyl sites for hydroxylation is 1. The van der Waals surface area contributed by atoms with E-state index in [0.717, 1.165) is 6.07 Å². The molecule has 0 unspecified atom stereocenters. The first-order valence-corrected chi connectivity index (χ1v) is 5.25. The van der Waals surface area contributed by atoms with Gasteiger partial charge in [-0.1, -0.05) is 19.1 Å². The average molecular weight is 220 g/mol. The Bertz CT molecular complexity index is 318. The molecule has 0 fully saturated rings. The summed E-state index contributed by atoms with van der Waals surface area (Å²) in [6.45, 7) is 3.55. The van der Waals surface area contributed by atoms with Gasteiger partial charge in [0, 0.05) is 4.90 Å². The van der Waals surface area contributed by atoms with E-state index >= 15 is 0 Å². The third kappa shape index (κ3) is 2.44. The fraction of sp³-hybridized carbons (Fsp3) is 0.400. The lowest BCUT2D eigenvalue weighted by molar-refractivity contribution is -0.139. The first-order chi connectivity index (χ1) is 6.46. The Kier molecular flexibility index (Phi) is 3.48. The summed E-state index contributed by atoms with van der Waals surface area (Å²) in [5.41, 5.74) is 0.163. The van der Waals surface area contributed by atoms with Crippen molar-refractivity contribution >= 4 is 11.8 Å². The van der Waals surface area contributed by atoms with Crippen molar-refractivity contribution in [1.82, 2.24) is 0 Å². The lowest BCUT2D eigenvalue weighted by Crippen LogP contribution is -2.07. The molecule has 0 saturated carbocycles. The van der Waals surface area contributed by atoms with Crippen molar-refractivity contribution in [3.8, 4) is 0 Å². The van der Waals surface area contributed by atoms with Gasteiger partial charge in [-0.15, -0.1) is 11.8 Å². The Labute approximate surface area is 85.5 Å². The fourth-order valence-electron chi connectivity index (χ4n) is 1.21. The van der Waals surface area contributed by atoms with Crippen molar-refractivity contribution in [3.63, 3.8) is 0 Å². The number of alkyl halides is 3. The van der Waals surface area contributed by atoms with Crippen LogP contribution in [0.1, 0.15) is 18.1 Å². The van der Waals surface area contributed by atoms with Crippen LogP contribution in [0.2, 0.25) is 0 Å². The molecule has 0 bridgehead atoms. The third-order valence-electron chi connectivity index (χ3n) is 1.81. The molecule has 0 saturated heterocycles. The Balaban J connectivity index is 3.21. The largest absolute Gasteiger partial charge is 0.417 e. The molecular weight excluding hydrogens is 209 g/mol. The number of rotatable bonds is 2. The number of hydrogen-bond acceptors (Lipinski definition) is 1. The summed E-state index contributed by atoms with van der Waals surface area (Å²) in [6.07, 6.45) is -4.25. The second kappa shape index (κ2) is 4.26. The molecule has 0 atom stereocenters. The maximum atomic E-state index is 12.5. The summed E-state index contributed by atoms with van der Waals surface area (Å²) in [5, 5.41) is 0. The zero-order valence-corrected chi connectivity index (χ0v) is 8.80. The molecule has 14 heavy (non-hydrogen) atoms. The maximum absolute atomic E-state index is 12.5. The zero-order valence-electron chi connectivity index (χ0n) is 7.98. The average Bonchev–Trinajstić information content (AvgIpc) is 2.07. The lowest BCUT2D eigenvalue weighted by Gasteiger charge is -2.13. The van der Waals surface area contributed by atoms with Gasteiger partial charge >= 0.3 is 6.18 Å². The molecule has 4 heteroatoms. The van der Waals surface area contributed by atoms with Crippen molar-refractivity contribution in [2.24, 2.45) is 0 Å². The van der Waals surface area contributed by atoms with Gasteiger partial charge in [0.05, 0.1) is 5.56 Å². The Morgan fingerprint density at radius 1 is 1.29 bits per heavy atom. The third-order valence-corrected chi connectivity index (χ3v) is 2.93. The molecule has 0 aliphatic heterocycles. The van der Waals surface area contributed by atoms with Gasteiger partial charge in [-0.2, -0.15) is 13.2 Å². The number of thioether (sulfide) groups is 1. The van der Waals surface area contributed by atoms with Crippen LogP contribution in [0.3, 0.4) is 0 Å². The van der Waals surface area contributed by atoms with E-state index in [4.69, 9.17) is 0 Å². The van der Waals surface area contributed by atoms with Crippen molar-refractivity contribution in [2.75, 3.05) is 5.75 Å². The quantitative estimate of drug-likeness (QED) is 0.675. The normalized spacial score (nSPS) is 11.8. The predicted molar refractivity (Wildman–Crippen MR) is 52.6 cm³/mol. The SMILES string of the molecule is CCSc1c(C)cccc1C(F)(F)F. The van der Waals surface area contributed by atoms with Crippen LogP contribution in [0, 0.1) is 6.92 Å². The van der Waals surface area contributed by atoms with Crippen LogP contribution in [0.15, 0.2) is 23.1 Å². The molecule has 0 N–H and O–H groups in total. The van der Waals surface area contributed by atoms with Gasteiger partial charge in [-0.05, 0) is 24.3 Å². The van der Waals surface area contributed by atoms with Crippen LogP contribution in [-0.2, 0) is 6.18 Å². The molecule has 0 radical (unpaired) electrons. The van der Waals surface area contributed by atoms with E-state index in [-0.39, 0.29) is 0 Å². The molecule has 0 nitrogen and oxygen atoms in total. The van der Waals surface area contributed by atoms with Gasteiger partial charge in [-0.25, -0.2) is 0 Å². The van der Waals surface area contributed by atoms with Gasteiger partial charge in [0.25, 0.3) is 0 Å². The van der Waals surface area contributed by atoms with Crippen LogP contribution in [-0.4, -0.2) is 5.75 Å². The van der Waals surface area contributed by atoms with Crippen molar-refractivity contribution < 1.29 is 13.2 Å². The highest BCUT2D eigenvalue weighted by atomic mass is 32.2. The van der Waals surface area contributed by atoms with E-state index in [9.17, 15) is 13.2 Å². The first kappa shape index (κ1) is 11.4. The number of benzene rings is 1. The molecule has 1 rings (SSSR count). The second-order valence-electron chi connectivity index (χ2n) is 2.88. The molecule has 1 aromatic carbocycles. The molecular formula is C10H11F3S. The molecule has 1 aromatic rings. The van der Waals surface area contributed by atoms with Crippen LogP contribution in [0.4, 0.5) is 13.2 Å². The first-order valence-electron chi connectivity index (χ1n) is 4.26. The Hall–Kier alpha value is -0.640. The lowest BCUT2D eigenvalue weighted by atomic mass is 10.1. The fourth-order valence-corrected chi connectivity index (χ4v) is 2.14. The smallest absolute Gasteiger partial charge is 0.166 e. The van der Waals surface area contributed by atoms with E-state index in [0.29, 0.717) is 16.2 Å². The van der Waals surface area contributed by atoms with E-state index in [1.807, 2.05) is 6.92 Å². The predicted octanol–water partition coefficient (Wildman–Crippen LogP) is 4.13. The summed E-state index contributed by atoms with van der Waals surface area (Å²) in [7, 11) is 0. The van der Waals surface area contributed by atoms with Crippen LogP contribution in [0.5, 0.6) is 0 Å². The molecule has 0 aromatic heterocycles. The topological polar surface area (TPSA) is 0 Å². The highest BCUT2D eigenvalue weighted by molar-refractivity contribution is 7.99. The van der Waals surface area contributed by atoms with Gasteiger partial charge < -0.3 is 0 Å². The number of hydrogen-bond donors (Lipinski definition) is 0. The van der Waals surface area contributed by atoms with Gasteiger partial charge in [0.15, 0.2) is 0 Å². The van der Waals surface area contributed by atoms with Crippen molar-refractivity contribution in [2.45, 2.75) is 24.9 Å². The monoisotopic (exact) mass is 220 g/mol. The Morgan fingerprint density at radius 3 is 2.43 bits per heavy atom. The molecule has 78 valence electrons. The summed E-state index contributed by atoms with van der Waals surface area (Å²) in [4.78, 5) is 0.350. The minimum Gasteiger partial charge on any atom is -0.166 e. The highest BCUT2D eigenvalue weighted by Crippen LogP contribution is 2.38. The van der Waals surface area contributed by atoms with Crippen LogP contribution < -0.4 is 0 Å². The van der Waals surface area contributed by atoms with E-state index in [1.54, 1.807) is 13.0 Å². The van der Waals surface area contributed by atoms with Crippen molar-refractivity contribution in [3.05, 3.63) is 29.3 Å². The van der Waals surface area contributed by atoms with Gasteiger partial charge in [-0.3, -0.25) is 0 Å². The van der Waals surface area contributed by atoms with Crippen molar-refractivity contribution in [1.29, 1.82) is 0 Å². The van der Waals surface area contributed by atoms with E-state index in [2.05, 4.69) is 0 Å². The molecule has 0 spiro atoms. The van der Waals surface area contributed by atoms with E-state index < -0.39 is 11.7 Å². The zero-order chi connectivity index (χ0) is 10.8. The second-order valence-corrected chi connectivity index (χ2v) is 4.16. The minimum absolute atomic E-state index is 0.350. The van der Waals surface area contributed by atoms with Gasteiger partial charge in [0.2, 0.25) is 0 Å². The number of halogens is 3. The van der Waals surface area contributed by atoms with Crippen LogP contribution >= 0.6 is 11.8 Å². The molecule has 0 amide bonds. The standard InChI is InChI=1S/C10H11F3S/c1-3-14-9-7(2)5-4-6-8(9)10(11,12)13/h4-6H,3H2,1-2H3.